The van der Waals surface area contributed by atoms with Crippen LogP contribution in [0.4, 0.5) is 0 Å². The van der Waals surface area contributed by atoms with Crippen molar-refractivity contribution in [2.45, 2.75) is 0 Å². The first-order valence-corrected chi connectivity index (χ1v) is 5.19. The summed E-state index contributed by atoms with van der Waals surface area (Å²) in [6.07, 6.45) is 0. The first kappa shape index (κ1) is 11.9. The number of aromatic hydroxyl groups is 1. The number of aromatic nitrogens is 1. The number of aromatic carboxylic acids is 1. The van der Waals surface area contributed by atoms with Gasteiger partial charge in [-0.2, -0.15) is 0 Å². The zero-order chi connectivity index (χ0) is 13.1. The molecule has 5 heteroatoms. The molecule has 0 aliphatic heterocycles. The maximum atomic E-state index is 11.0. The number of hydrogen-bond acceptors (Lipinski definition) is 4. The number of carbonyl (C=O) groups is 1. The average Bonchev–Trinajstić information content (AvgIpc) is 2.39. The van der Waals surface area contributed by atoms with Crippen molar-refractivity contribution in [1.29, 1.82) is 0 Å². The van der Waals surface area contributed by atoms with Gasteiger partial charge in [0.1, 0.15) is 5.75 Å². The minimum absolute atomic E-state index is 0.102. The highest BCUT2D eigenvalue weighted by Crippen LogP contribution is 2.24. The highest BCUT2D eigenvalue weighted by atomic mass is 16.5. The third kappa shape index (κ3) is 2.40. The Morgan fingerprint density at radius 2 is 1.89 bits per heavy atom. The zero-order valence-electron chi connectivity index (χ0n) is 9.62. The number of rotatable bonds is 3. The van der Waals surface area contributed by atoms with Crippen molar-refractivity contribution in [3.63, 3.8) is 0 Å². The maximum absolute atomic E-state index is 11.0. The van der Waals surface area contributed by atoms with Crippen LogP contribution in [0.25, 0.3) is 11.3 Å². The largest absolute Gasteiger partial charge is 0.508 e. The van der Waals surface area contributed by atoms with Gasteiger partial charge in [0.25, 0.3) is 0 Å². The van der Waals surface area contributed by atoms with Gasteiger partial charge in [-0.15, -0.1) is 0 Å². The van der Waals surface area contributed by atoms with Crippen molar-refractivity contribution in [3.05, 3.63) is 42.0 Å². The van der Waals surface area contributed by atoms with Crippen LogP contribution in [0, 0.1) is 0 Å². The molecular weight excluding hydrogens is 234 g/mol. The molecule has 18 heavy (non-hydrogen) atoms. The second kappa shape index (κ2) is 4.75. The van der Waals surface area contributed by atoms with E-state index in [4.69, 9.17) is 9.84 Å². The highest BCUT2D eigenvalue weighted by Gasteiger charge is 2.10. The van der Waals surface area contributed by atoms with E-state index >= 15 is 0 Å². The van der Waals surface area contributed by atoms with Crippen LogP contribution >= 0.6 is 0 Å². The summed E-state index contributed by atoms with van der Waals surface area (Å²) in [6.45, 7) is 0. The summed E-state index contributed by atoms with van der Waals surface area (Å²) in [6, 6.07) is 9.14. The van der Waals surface area contributed by atoms with Gasteiger partial charge in [0, 0.05) is 11.6 Å². The van der Waals surface area contributed by atoms with E-state index in [1.165, 1.54) is 31.4 Å². The van der Waals surface area contributed by atoms with Gasteiger partial charge in [0.15, 0.2) is 0 Å². The lowest BCUT2D eigenvalue weighted by Gasteiger charge is -2.06. The second-order valence-corrected chi connectivity index (χ2v) is 3.64. The molecule has 1 aromatic heterocycles. The van der Waals surface area contributed by atoms with E-state index in [0.29, 0.717) is 11.3 Å². The lowest BCUT2D eigenvalue weighted by molar-refractivity contribution is 0.0696. The summed E-state index contributed by atoms with van der Waals surface area (Å²) < 4.78 is 4.97. The molecule has 0 atom stereocenters. The SMILES string of the molecule is COc1cc(C(=O)O)cc(-c2ccc(O)cc2)n1. The molecule has 0 fully saturated rings. The fourth-order valence-electron chi connectivity index (χ4n) is 1.51. The Balaban J connectivity index is 2.52. The first-order chi connectivity index (χ1) is 8.60. The number of pyridine rings is 1. The predicted octanol–water partition coefficient (Wildman–Crippen LogP) is 2.16. The highest BCUT2D eigenvalue weighted by molar-refractivity contribution is 5.89. The van der Waals surface area contributed by atoms with Crippen molar-refractivity contribution in [2.75, 3.05) is 7.11 Å². The number of phenolic OH excluding ortho intramolecular Hbond substituents is 1. The fourth-order valence-corrected chi connectivity index (χ4v) is 1.51. The number of phenols is 1. The molecule has 1 heterocycles. The van der Waals surface area contributed by atoms with Crippen LogP contribution in [0.5, 0.6) is 11.6 Å². The smallest absolute Gasteiger partial charge is 0.335 e. The van der Waals surface area contributed by atoms with Gasteiger partial charge in [-0.1, -0.05) is 0 Å². The molecule has 0 unspecified atom stereocenters. The van der Waals surface area contributed by atoms with Crippen LogP contribution < -0.4 is 4.74 Å². The molecule has 0 aliphatic carbocycles. The molecule has 0 saturated carbocycles. The van der Waals surface area contributed by atoms with Crippen LogP contribution in [0.3, 0.4) is 0 Å². The second-order valence-electron chi connectivity index (χ2n) is 3.64. The van der Waals surface area contributed by atoms with Crippen molar-refractivity contribution < 1.29 is 19.7 Å². The summed E-state index contributed by atoms with van der Waals surface area (Å²) in [5.74, 6) is -0.672. The van der Waals surface area contributed by atoms with E-state index in [1.54, 1.807) is 12.1 Å². The van der Waals surface area contributed by atoms with Gasteiger partial charge >= 0.3 is 5.97 Å². The Morgan fingerprint density at radius 1 is 1.22 bits per heavy atom. The summed E-state index contributed by atoms with van der Waals surface area (Å²) >= 11 is 0. The van der Waals surface area contributed by atoms with E-state index in [2.05, 4.69) is 4.98 Å². The minimum Gasteiger partial charge on any atom is -0.508 e. The van der Waals surface area contributed by atoms with Crippen LogP contribution in [0.15, 0.2) is 36.4 Å². The third-order valence-electron chi connectivity index (χ3n) is 2.42. The van der Waals surface area contributed by atoms with Crippen LogP contribution in [-0.2, 0) is 0 Å². The van der Waals surface area contributed by atoms with Crippen molar-refractivity contribution in [1.82, 2.24) is 4.98 Å². The minimum atomic E-state index is -1.05. The number of nitrogens with zero attached hydrogens (tertiary/aromatic N) is 1. The van der Waals surface area contributed by atoms with Gasteiger partial charge in [0.05, 0.1) is 18.4 Å². The quantitative estimate of drug-likeness (QED) is 0.866. The molecule has 0 saturated heterocycles. The van der Waals surface area contributed by atoms with Gasteiger partial charge in [-0.05, 0) is 30.3 Å². The van der Waals surface area contributed by atoms with Gasteiger partial charge < -0.3 is 14.9 Å². The molecule has 0 spiro atoms. The molecule has 0 amide bonds. The summed E-state index contributed by atoms with van der Waals surface area (Å²) in [5, 5.41) is 18.2. The van der Waals surface area contributed by atoms with Gasteiger partial charge in [0.2, 0.25) is 5.88 Å². The maximum Gasteiger partial charge on any atom is 0.335 e. The third-order valence-corrected chi connectivity index (χ3v) is 2.42. The van der Waals surface area contributed by atoms with Gasteiger partial charge in [-0.25, -0.2) is 9.78 Å². The Hall–Kier alpha value is -2.56. The summed E-state index contributed by atoms with van der Waals surface area (Å²) in [7, 11) is 1.43. The van der Waals surface area contributed by atoms with Gasteiger partial charge in [-0.3, -0.25) is 0 Å². The van der Waals surface area contributed by atoms with E-state index in [0.717, 1.165) is 0 Å². The van der Waals surface area contributed by atoms with E-state index in [9.17, 15) is 9.90 Å². The number of ether oxygens (including phenoxy) is 1. The monoisotopic (exact) mass is 245 g/mol. The summed E-state index contributed by atoms with van der Waals surface area (Å²) in [5.41, 5.74) is 1.28. The number of hydrogen-bond donors (Lipinski definition) is 2. The zero-order valence-corrected chi connectivity index (χ0v) is 9.62. The summed E-state index contributed by atoms with van der Waals surface area (Å²) in [4.78, 5) is 15.2. The first-order valence-electron chi connectivity index (χ1n) is 5.19. The number of benzene rings is 1. The Labute approximate surface area is 103 Å². The lowest BCUT2D eigenvalue weighted by Crippen LogP contribution is -2.00. The molecule has 0 aliphatic rings. The molecule has 2 aromatic rings. The van der Waals surface area contributed by atoms with Crippen molar-refractivity contribution in [2.24, 2.45) is 0 Å². The van der Waals surface area contributed by atoms with E-state index in [1.807, 2.05) is 0 Å². The van der Waals surface area contributed by atoms with Crippen molar-refractivity contribution in [3.8, 4) is 22.9 Å². The molecule has 5 nitrogen and oxygen atoms in total. The fraction of sp³-hybridized carbons (Fsp3) is 0.0769. The molecule has 2 rings (SSSR count). The van der Waals surface area contributed by atoms with Crippen LogP contribution in [-0.4, -0.2) is 28.3 Å². The molecule has 92 valence electrons. The Kier molecular flexibility index (Phi) is 3.14. The Bertz CT molecular complexity index is 578. The van der Waals surface area contributed by atoms with Crippen molar-refractivity contribution >= 4 is 5.97 Å². The van der Waals surface area contributed by atoms with E-state index in [-0.39, 0.29) is 17.2 Å². The number of carboxylic acid groups (broad SMARTS) is 1. The van der Waals surface area contributed by atoms with E-state index < -0.39 is 5.97 Å². The molecule has 2 N–H and O–H groups in total. The van der Waals surface area contributed by atoms with Crippen LogP contribution in [0.1, 0.15) is 10.4 Å². The topological polar surface area (TPSA) is 79.7 Å². The standard InChI is InChI=1S/C13H11NO4/c1-18-12-7-9(13(16)17)6-11(14-12)8-2-4-10(15)5-3-8/h2-7,15H,1H3,(H,16,17). The normalized spacial score (nSPS) is 10.1. The number of carboxylic acids is 1. The molecule has 1 aromatic carbocycles. The molecule has 0 radical (unpaired) electrons. The molecule has 0 bridgehead atoms. The molecular formula is C13H11NO4. The van der Waals surface area contributed by atoms with Crippen LogP contribution in [0.2, 0.25) is 0 Å². The predicted molar refractivity (Wildman–Crippen MR) is 64.8 cm³/mol. The average molecular weight is 245 g/mol. The lowest BCUT2D eigenvalue weighted by atomic mass is 10.1. The Morgan fingerprint density at radius 3 is 2.44 bits per heavy atom. The number of methoxy groups -OCH3 is 1.